The van der Waals surface area contributed by atoms with Crippen molar-refractivity contribution in [2.24, 2.45) is 0 Å². The van der Waals surface area contributed by atoms with Crippen molar-refractivity contribution in [2.45, 2.75) is 18.8 Å². The third kappa shape index (κ3) is 1.76. The van der Waals surface area contributed by atoms with Crippen LogP contribution in [0.2, 0.25) is 0 Å². The number of rotatable bonds is 2. The zero-order valence-corrected chi connectivity index (χ0v) is 9.74. The van der Waals surface area contributed by atoms with Gasteiger partial charge in [0.15, 0.2) is 0 Å². The van der Waals surface area contributed by atoms with Crippen molar-refractivity contribution in [3.05, 3.63) is 69.5 Å². The van der Waals surface area contributed by atoms with E-state index in [2.05, 4.69) is 4.98 Å². The standard InChI is InChI=1S/C14H12N2O2/c17-16(18)11-5-7-12-10(9-11)4-6-13(12)14-3-1-2-8-15-14/h1-3,5,7-9,13H,4,6H2. The molecule has 4 heteroatoms. The van der Waals surface area contributed by atoms with Gasteiger partial charge in [-0.15, -0.1) is 0 Å². The molecule has 1 aromatic heterocycles. The molecule has 1 aliphatic rings. The van der Waals surface area contributed by atoms with E-state index < -0.39 is 0 Å². The minimum atomic E-state index is -0.339. The van der Waals surface area contributed by atoms with E-state index in [4.69, 9.17) is 0 Å². The molecule has 0 amide bonds. The molecule has 0 aliphatic heterocycles. The van der Waals surface area contributed by atoms with Crippen LogP contribution in [-0.2, 0) is 6.42 Å². The van der Waals surface area contributed by atoms with E-state index in [1.165, 1.54) is 5.56 Å². The molecule has 1 atom stereocenters. The molecule has 0 bridgehead atoms. The molecule has 4 nitrogen and oxygen atoms in total. The van der Waals surface area contributed by atoms with Gasteiger partial charge in [0.2, 0.25) is 0 Å². The monoisotopic (exact) mass is 240 g/mol. The smallest absolute Gasteiger partial charge is 0.261 e. The fraction of sp³-hybridized carbons (Fsp3) is 0.214. The first-order chi connectivity index (χ1) is 8.75. The number of nitro groups is 1. The SMILES string of the molecule is O=[N+]([O-])c1ccc2c(c1)CCC2c1ccccn1. The molecule has 1 aliphatic carbocycles. The predicted octanol–water partition coefficient (Wildman–Crippen LogP) is 3.07. The van der Waals surface area contributed by atoms with E-state index >= 15 is 0 Å². The Balaban J connectivity index is 2.00. The third-order valence-corrected chi connectivity index (χ3v) is 3.46. The molecule has 18 heavy (non-hydrogen) atoms. The highest BCUT2D eigenvalue weighted by Crippen LogP contribution is 2.38. The quantitative estimate of drug-likeness (QED) is 0.598. The van der Waals surface area contributed by atoms with Gasteiger partial charge in [0.05, 0.1) is 4.92 Å². The van der Waals surface area contributed by atoms with Crippen molar-refractivity contribution >= 4 is 5.69 Å². The van der Waals surface area contributed by atoms with Gasteiger partial charge in [0.1, 0.15) is 0 Å². The van der Waals surface area contributed by atoms with Crippen LogP contribution in [0.5, 0.6) is 0 Å². The van der Waals surface area contributed by atoms with E-state index in [-0.39, 0.29) is 16.5 Å². The number of hydrogen-bond donors (Lipinski definition) is 0. The maximum atomic E-state index is 10.7. The van der Waals surface area contributed by atoms with Crippen molar-refractivity contribution in [2.75, 3.05) is 0 Å². The Labute approximate surface area is 104 Å². The summed E-state index contributed by atoms with van der Waals surface area (Å²) in [6.45, 7) is 0. The first-order valence-electron chi connectivity index (χ1n) is 5.94. The van der Waals surface area contributed by atoms with Gasteiger partial charge in [-0.05, 0) is 36.1 Å². The number of hydrogen-bond acceptors (Lipinski definition) is 3. The minimum Gasteiger partial charge on any atom is -0.261 e. The maximum Gasteiger partial charge on any atom is 0.269 e. The topological polar surface area (TPSA) is 56.0 Å². The summed E-state index contributed by atoms with van der Waals surface area (Å²) >= 11 is 0. The highest BCUT2D eigenvalue weighted by atomic mass is 16.6. The van der Waals surface area contributed by atoms with Crippen LogP contribution in [0.1, 0.15) is 29.2 Å². The predicted molar refractivity (Wildman–Crippen MR) is 67.5 cm³/mol. The molecule has 90 valence electrons. The number of non-ortho nitro benzene ring substituents is 1. The van der Waals surface area contributed by atoms with E-state index in [1.807, 2.05) is 24.3 Å². The van der Waals surface area contributed by atoms with Crippen LogP contribution in [-0.4, -0.2) is 9.91 Å². The van der Waals surface area contributed by atoms with Gasteiger partial charge < -0.3 is 0 Å². The number of pyridine rings is 1. The van der Waals surface area contributed by atoms with Crippen molar-refractivity contribution in [3.63, 3.8) is 0 Å². The van der Waals surface area contributed by atoms with E-state index in [1.54, 1.807) is 18.3 Å². The maximum absolute atomic E-state index is 10.7. The van der Waals surface area contributed by atoms with Gasteiger partial charge in [-0.3, -0.25) is 15.1 Å². The number of nitrogens with zero attached hydrogens (tertiary/aromatic N) is 2. The lowest BCUT2D eigenvalue weighted by Gasteiger charge is -2.10. The molecular weight excluding hydrogens is 228 g/mol. The van der Waals surface area contributed by atoms with Crippen LogP contribution in [0.4, 0.5) is 5.69 Å². The van der Waals surface area contributed by atoms with Gasteiger partial charge in [0.25, 0.3) is 5.69 Å². The number of fused-ring (bicyclic) bond motifs is 1. The Kier molecular flexibility index (Phi) is 2.55. The lowest BCUT2D eigenvalue weighted by Crippen LogP contribution is -1.98. The summed E-state index contributed by atoms with van der Waals surface area (Å²) in [5.74, 6) is 0.280. The Hall–Kier alpha value is -2.23. The summed E-state index contributed by atoms with van der Waals surface area (Å²) in [7, 11) is 0. The Bertz CT molecular complexity index is 596. The molecule has 1 unspecified atom stereocenters. The zero-order chi connectivity index (χ0) is 12.5. The first kappa shape index (κ1) is 10.9. The summed E-state index contributed by atoms with van der Waals surface area (Å²) in [5.41, 5.74) is 3.49. The molecular formula is C14H12N2O2. The highest BCUT2D eigenvalue weighted by molar-refractivity contribution is 5.46. The lowest BCUT2D eigenvalue weighted by atomic mass is 9.97. The number of aryl methyl sites for hydroxylation is 1. The zero-order valence-electron chi connectivity index (χ0n) is 9.74. The fourth-order valence-corrected chi connectivity index (χ4v) is 2.61. The Morgan fingerprint density at radius 1 is 1.28 bits per heavy atom. The van der Waals surface area contributed by atoms with Crippen molar-refractivity contribution in [1.29, 1.82) is 0 Å². The summed E-state index contributed by atoms with van der Waals surface area (Å²) < 4.78 is 0. The van der Waals surface area contributed by atoms with Crippen molar-refractivity contribution in [1.82, 2.24) is 4.98 Å². The molecule has 0 saturated heterocycles. The van der Waals surface area contributed by atoms with Gasteiger partial charge >= 0.3 is 0 Å². The fourth-order valence-electron chi connectivity index (χ4n) is 2.61. The number of nitro benzene ring substituents is 1. The normalized spacial score (nSPS) is 17.4. The van der Waals surface area contributed by atoms with Gasteiger partial charge in [0, 0.05) is 29.9 Å². The third-order valence-electron chi connectivity index (χ3n) is 3.46. The molecule has 1 aromatic carbocycles. The molecule has 1 heterocycles. The van der Waals surface area contributed by atoms with Crippen LogP contribution in [0, 0.1) is 10.1 Å². The van der Waals surface area contributed by atoms with Crippen LogP contribution < -0.4 is 0 Å². The molecule has 0 saturated carbocycles. The van der Waals surface area contributed by atoms with E-state index in [0.717, 1.165) is 24.1 Å². The lowest BCUT2D eigenvalue weighted by molar-refractivity contribution is -0.384. The summed E-state index contributed by atoms with van der Waals surface area (Å²) in [6.07, 6.45) is 3.66. The number of benzene rings is 1. The summed E-state index contributed by atoms with van der Waals surface area (Å²) in [4.78, 5) is 14.8. The second-order valence-electron chi connectivity index (χ2n) is 4.49. The molecule has 3 rings (SSSR count). The van der Waals surface area contributed by atoms with Gasteiger partial charge in [-0.25, -0.2) is 0 Å². The average Bonchev–Trinajstić information content (AvgIpc) is 2.82. The number of aromatic nitrogens is 1. The molecule has 0 N–H and O–H groups in total. The van der Waals surface area contributed by atoms with Crippen LogP contribution in [0.25, 0.3) is 0 Å². The largest absolute Gasteiger partial charge is 0.269 e. The average molecular weight is 240 g/mol. The highest BCUT2D eigenvalue weighted by Gasteiger charge is 2.26. The molecule has 0 spiro atoms. The summed E-state index contributed by atoms with van der Waals surface area (Å²) in [5, 5.41) is 10.7. The van der Waals surface area contributed by atoms with Crippen molar-refractivity contribution < 1.29 is 4.92 Å². The van der Waals surface area contributed by atoms with Crippen LogP contribution in [0.3, 0.4) is 0 Å². The van der Waals surface area contributed by atoms with Crippen molar-refractivity contribution in [3.8, 4) is 0 Å². The summed E-state index contributed by atoms with van der Waals surface area (Å²) in [6, 6.07) is 11.0. The Morgan fingerprint density at radius 3 is 2.89 bits per heavy atom. The first-order valence-corrected chi connectivity index (χ1v) is 5.94. The molecule has 2 aromatic rings. The van der Waals surface area contributed by atoms with E-state index in [9.17, 15) is 10.1 Å². The van der Waals surface area contributed by atoms with Crippen LogP contribution in [0.15, 0.2) is 42.6 Å². The second kappa shape index (κ2) is 4.22. The minimum absolute atomic E-state index is 0.176. The molecule has 0 radical (unpaired) electrons. The van der Waals surface area contributed by atoms with Crippen LogP contribution >= 0.6 is 0 Å². The second-order valence-corrected chi connectivity index (χ2v) is 4.49. The Morgan fingerprint density at radius 2 is 2.17 bits per heavy atom. The van der Waals surface area contributed by atoms with Gasteiger partial charge in [-0.1, -0.05) is 12.1 Å². The molecule has 0 fully saturated rings. The van der Waals surface area contributed by atoms with Gasteiger partial charge in [-0.2, -0.15) is 0 Å². The van der Waals surface area contributed by atoms with E-state index in [0.29, 0.717) is 0 Å².